The Labute approximate surface area is 186 Å². The molecule has 0 radical (unpaired) electrons. The summed E-state index contributed by atoms with van der Waals surface area (Å²) >= 11 is 0. The molecule has 1 heterocycles. The van der Waals surface area contributed by atoms with Crippen molar-refractivity contribution in [2.75, 3.05) is 20.8 Å². The van der Waals surface area contributed by atoms with Crippen LogP contribution < -0.4 is 4.72 Å². The van der Waals surface area contributed by atoms with Crippen molar-refractivity contribution >= 4 is 15.9 Å². The minimum Gasteiger partial charge on any atom is -0.339 e. The number of benzene rings is 1. The molecule has 0 spiro atoms. The third kappa shape index (κ3) is 5.66. The van der Waals surface area contributed by atoms with Gasteiger partial charge in [0.15, 0.2) is 0 Å². The highest BCUT2D eigenvalue weighted by Gasteiger charge is 2.50. The van der Waals surface area contributed by atoms with E-state index in [-0.39, 0.29) is 18.0 Å². The van der Waals surface area contributed by atoms with E-state index < -0.39 is 21.0 Å². The standard InChI is InChI=1S/C23H36N2O5S/c1-29-23(30-2,31(27,28)24-22(26)19-12-7-6-8-13-19)18-21-16-11-17-25(21)20-14-9-4-3-5-10-15-20/h6-8,12-13,20-21H,3-5,9-11,14-18H2,1-2H3,(H,24,26). The normalized spacial score (nSPS) is 22.1. The maximum absolute atomic E-state index is 13.3. The van der Waals surface area contributed by atoms with Gasteiger partial charge in [0.1, 0.15) is 0 Å². The molecule has 174 valence electrons. The second-order valence-corrected chi connectivity index (χ2v) is 10.5. The summed E-state index contributed by atoms with van der Waals surface area (Å²) in [5.74, 6) is -0.692. The van der Waals surface area contributed by atoms with E-state index in [9.17, 15) is 13.2 Å². The Hall–Kier alpha value is -1.48. The lowest BCUT2D eigenvalue weighted by Gasteiger charge is -2.38. The number of nitrogens with one attached hydrogen (secondary N) is 1. The molecule has 2 aliphatic rings. The van der Waals surface area contributed by atoms with Crippen LogP contribution in [0.3, 0.4) is 0 Å². The van der Waals surface area contributed by atoms with Gasteiger partial charge in [-0.15, -0.1) is 0 Å². The maximum Gasteiger partial charge on any atom is 0.294 e. The van der Waals surface area contributed by atoms with Crippen LogP contribution >= 0.6 is 0 Å². The minimum atomic E-state index is -4.26. The predicted molar refractivity (Wildman–Crippen MR) is 120 cm³/mol. The molecule has 1 amide bonds. The molecule has 1 aromatic carbocycles. The zero-order valence-corrected chi connectivity index (χ0v) is 19.5. The molecule has 0 aromatic heterocycles. The van der Waals surface area contributed by atoms with E-state index in [1.54, 1.807) is 30.3 Å². The van der Waals surface area contributed by atoms with Gasteiger partial charge in [-0.25, -0.2) is 13.1 Å². The van der Waals surface area contributed by atoms with Crippen molar-refractivity contribution in [1.82, 2.24) is 9.62 Å². The predicted octanol–water partition coefficient (Wildman–Crippen LogP) is 3.66. The zero-order chi connectivity index (χ0) is 22.3. The lowest BCUT2D eigenvalue weighted by Crippen LogP contribution is -2.54. The quantitative estimate of drug-likeness (QED) is 0.606. The Balaban J connectivity index is 1.76. The van der Waals surface area contributed by atoms with Gasteiger partial charge in [0.25, 0.3) is 21.0 Å². The van der Waals surface area contributed by atoms with Crippen LogP contribution in [0, 0.1) is 0 Å². The van der Waals surface area contributed by atoms with Crippen molar-refractivity contribution in [3.8, 4) is 0 Å². The molecule has 1 aliphatic carbocycles. The summed E-state index contributed by atoms with van der Waals surface area (Å²) < 4.78 is 39.7. The fourth-order valence-corrected chi connectivity index (χ4v) is 6.41. The van der Waals surface area contributed by atoms with Crippen LogP contribution in [0.25, 0.3) is 0 Å². The van der Waals surface area contributed by atoms with Crippen LogP contribution in [-0.4, -0.2) is 57.2 Å². The van der Waals surface area contributed by atoms with Crippen LogP contribution in [-0.2, 0) is 19.5 Å². The number of sulfonamides is 1. The summed E-state index contributed by atoms with van der Waals surface area (Å²) in [5, 5.41) is -1.92. The number of amides is 1. The van der Waals surface area contributed by atoms with Gasteiger partial charge in [-0.05, 0) is 44.4 Å². The first-order valence-corrected chi connectivity index (χ1v) is 12.9. The Morgan fingerprint density at radius 3 is 2.23 bits per heavy atom. The molecule has 1 N–H and O–H groups in total. The Kier molecular flexibility index (Phi) is 8.50. The molecule has 1 atom stereocenters. The second kappa shape index (κ2) is 10.9. The van der Waals surface area contributed by atoms with Crippen LogP contribution in [0.15, 0.2) is 30.3 Å². The molecule has 1 unspecified atom stereocenters. The van der Waals surface area contributed by atoms with Gasteiger partial charge in [0.05, 0.1) is 0 Å². The number of carbonyl (C=O) groups is 1. The van der Waals surface area contributed by atoms with Gasteiger partial charge in [-0.1, -0.05) is 50.3 Å². The first-order valence-electron chi connectivity index (χ1n) is 11.4. The van der Waals surface area contributed by atoms with Crippen LogP contribution in [0.5, 0.6) is 0 Å². The van der Waals surface area contributed by atoms with E-state index in [4.69, 9.17) is 9.47 Å². The maximum atomic E-state index is 13.3. The third-order valence-corrected chi connectivity index (χ3v) is 8.52. The number of methoxy groups -OCH3 is 2. The van der Waals surface area contributed by atoms with Crippen molar-refractivity contribution in [2.24, 2.45) is 0 Å². The SMILES string of the molecule is COC(CC1CCCN1C1CCCCCCC1)(OC)S(=O)(=O)NC(=O)c1ccccc1. The Morgan fingerprint density at radius 2 is 1.61 bits per heavy atom. The molecule has 8 heteroatoms. The Morgan fingerprint density at radius 1 is 1.00 bits per heavy atom. The van der Waals surface area contributed by atoms with Crippen LogP contribution in [0.1, 0.15) is 74.6 Å². The topological polar surface area (TPSA) is 84.9 Å². The first-order chi connectivity index (χ1) is 14.9. The van der Waals surface area contributed by atoms with Gasteiger partial charge >= 0.3 is 0 Å². The van der Waals surface area contributed by atoms with E-state index in [1.165, 1.54) is 46.3 Å². The molecule has 7 nitrogen and oxygen atoms in total. The van der Waals surface area contributed by atoms with E-state index in [2.05, 4.69) is 9.62 Å². The minimum absolute atomic E-state index is 0.0349. The van der Waals surface area contributed by atoms with Crippen molar-refractivity contribution in [2.45, 2.75) is 81.4 Å². The fraction of sp³-hybridized carbons (Fsp3) is 0.696. The number of hydrogen-bond acceptors (Lipinski definition) is 6. The summed E-state index contributed by atoms with van der Waals surface area (Å²) in [6, 6.07) is 8.79. The molecule has 2 fully saturated rings. The van der Waals surface area contributed by atoms with E-state index in [0.717, 1.165) is 32.2 Å². The average molecular weight is 453 g/mol. The Bertz CT molecular complexity index is 803. The van der Waals surface area contributed by atoms with Gasteiger partial charge in [-0.3, -0.25) is 9.69 Å². The highest BCUT2D eigenvalue weighted by molar-refractivity contribution is 7.91. The largest absolute Gasteiger partial charge is 0.339 e. The number of rotatable bonds is 8. The van der Waals surface area contributed by atoms with Gasteiger partial charge in [-0.2, -0.15) is 0 Å². The molecule has 1 aromatic rings. The summed E-state index contributed by atoms with van der Waals surface area (Å²) in [6.45, 7) is 0.968. The first kappa shape index (κ1) is 24.2. The van der Waals surface area contributed by atoms with E-state index in [1.807, 2.05) is 0 Å². The third-order valence-electron chi connectivity index (χ3n) is 6.75. The number of nitrogens with zero attached hydrogens (tertiary/aromatic N) is 1. The number of ether oxygens (including phenoxy) is 2. The number of hydrogen-bond donors (Lipinski definition) is 1. The summed E-state index contributed by atoms with van der Waals surface area (Å²) in [7, 11) is -1.61. The molecular formula is C23H36N2O5S. The lowest BCUT2D eigenvalue weighted by atomic mass is 9.94. The van der Waals surface area contributed by atoms with Crippen molar-refractivity contribution < 1.29 is 22.7 Å². The summed E-state index contributed by atoms with van der Waals surface area (Å²) in [6.07, 6.45) is 10.7. The monoisotopic (exact) mass is 452 g/mol. The molecule has 0 bridgehead atoms. The van der Waals surface area contributed by atoms with Crippen LogP contribution in [0.2, 0.25) is 0 Å². The zero-order valence-electron chi connectivity index (χ0n) is 18.7. The summed E-state index contributed by atoms with van der Waals surface area (Å²) in [5.41, 5.74) is 0.268. The molecule has 31 heavy (non-hydrogen) atoms. The van der Waals surface area contributed by atoms with Gasteiger partial charge in [0, 0.05) is 38.3 Å². The number of likely N-dealkylation sites (tertiary alicyclic amines) is 1. The molecule has 3 rings (SSSR count). The highest BCUT2D eigenvalue weighted by atomic mass is 32.2. The van der Waals surface area contributed by atoms with Crippen molar-refractivity contribution in [1.29, 1.82) is 0 Å². The van der Waals surface area contributed by atoms with Crippen molar-refractivity contribution in [3.63, 3.8) is 0 Å². The second-order valence-electron chi connectivity index (χ2n) is 8.63. The fourth-order valence-electron chi connectivity index (χ4n) is 5.04. The van der Waals surface area contributed by atoms with Gasteiger partial charge < -0.3 is 9.47 Å². The number of carbonyl (C=O) groups excluding carboxylic acids is 1. The highest BCUT2D eigenvalue weighted by Crippen LogP contribution is 2.35. The molecular weight excluding hydrogens is 416 g/mol. The molecule has 1 saturated carbocycles. The van der Waals surface area contributed by atoms with E-state index >= 15 is 0 Å². The lowest BCUT2D eigenvalue weighted by molar-refractivity contribution is -0.155. The smallest absolute Gasteiger partial charge is 0.294 e. The van der Waals surface area contributed by atoms with Crippen molar-refractivity contribution in [3.05, 3.63) is 35.9 Å². The van der Waals surface area contributed by atoms with Crippen LogP contribution in [0.4, 0.5) is 0 Å². The van der Waals surface area contributed by atoms with Gasteiger partial charge in [0.2, 0.25) is 0 Å². The average Bonchev–Trinajstić information content (AvgIpc) is 3.20. The summed E-state index contributed by atoms with van der Waals surface area (Å²) in [4.78, 5) is 15.0. The molecule has 1 aliphatic heterocycles. The molecule has 1 saturated heterocycles. The van der Waals surface area contributed by atoms with E-state index in [0.29, 0.717) is 6.04 Å².